The van der Waals surface area contributed by atoms with Crippen LogP contribution in [0.15, 0.2) is 28.9 Å². The maximum absolute atomic E-state index is 9.78. The van der Waals surface area contributed by atoms with E-state index < -0.39 is 6.10 Å². The van der Waals surface area contributed by atoms with Crippen LogP contribution in [0.4, 0.5) is 0 Å². The molecular formula is C11H13BrN2O. The molecule has 1 aromatic carbocycles. The lowest BCUT2D eigenvalue weighted by molar-refractivity contribution is 0.188. The van der Waals surface area contributed by atoms with Crippen molar-refractivity contribution in [2.75, 3.05) is 6.54 Å². The number of aliphatic hydroxyl groups excluding tert-OH is 1. The number of benzene rings is 1. The summed E-state index contributed by atoms with van der Waals surface area (Å²) in [5, 5.41) is 10.8. The van der Waals surface area contributed by atoms with Crippen molar-refractivity contribution in [2.45, 2.75) is 6.10 Å². The molecule has 80 valence electrons. The summed E-state index contributed by atoms with van der Waals surface area (Å²) in [6.07, 6.45) is 1.33. The largest absolute Gasteiger partial charge is 0.387 e. The third-order valence-electron chi connectivity index (χ3n) is 2.57. The summed E-state index contributed by atoms with van der Waals surface area (Å²) in [6.45, 7) is 0.242. The van der Waals surface area contributed by atoms with Gasteiger partial charge in [0.1, 0.15) is 0 Å². The summed E-state index contributed by atoms with van der Waals surface area (Å²) < 4.78 is 3.02. The molecule has 0 saturated carbocycles. The number of nitrogens with two attached hydrogens (primary N) is 1. The molecular weight excluding hydrogens is 256 g/mol. The van der Waals surface area contributed by atoms with Crippen LogP contribution in [0.25, 0.3) is 10.9 Å². The molecule has 2 aromatic rings. The minimum absolute atomic E-state index is 0.242. The van der Waals surface area contributed by atoms with Crippen molar-refractivity contribution < 1.29 is 5.11 Å². The number of aromatic nitrogens is 1. The zero-order chi connectivity index (χ0) is 11.0. The normalized spacial score (nSPS) is 13.3. The van der Waals surface area contributed by atoms with E-state index in [9.17, 15) is 5.11 Å². The minimum Gasteiger partial charge on any atom is -0.387 e. The first-order valence-corrected chi connectivity index (χ1v) is 5.56. The first-order chi connectivity index (χ1) is 7.15. The maximum Gasteiger partial charge on any atom is 0.0932 e. The van der Waals surface area contributed by atoms with E-state index in [1.54, 1.807) is 0 Å². The summed E-state index contributed by atoms with van der Waals surface area (Å²) in [5.74, 6) is 0. The molecule has 1 unspecified atom stereocenters. The summed E-state index contributed by atoms with van der Waals surface area (Å²) in [5.41, 5.74) is 7.44. The molecule has 3 N–H and O–H groups in total. The van der Waals surface area contributed by atoms with Gasteiger partial charge in [-0.15, -0.1) is 0 Å². The Kier molecular flexibility index (Phi) is 2.82. The van der Waals surface area contributed by atoms with E-state index >= 15 is 0 Å². The van der Waals surface area contributed by atoms with E-state index in [0.717, 1.165) is 20.9 Å². The number of nitrogens with zero attached hydrogens (tertiary/aromatic N) is 1. The van der Waals surface area contributed by atoms with Crippen molar-refractivity contribution in [1.29, 1.82) is 0 Å². The van der Waals surface area contributed by atoms with Crippen LogP contribution in [0.5, 0.6) is 0 Å². The Balaban J connectivity index is 2.73. The topological polar surface area (TPSA) is 51.2 Å². The lowest BCUT2D eigenvalue weighted by atomic mass is 10.1. The monoisotopic (exact) mass is 268 g/mol. The van der Waals surface area contributed by atoms with Crippen LogP contribution in [-0.2, 0) is 7.05 Å². The average molecular weight is 269 g/mol. The molecule has 0 aliphatic rings. The highest BCUT2D eigenvalue weighted by Gasteiger charge is 2.14. The summed E-state index contributed by atoms with van der Waals surface area (Å²) >= 11 is 3.50. The highest BCUT2D eigenvalue weighted by molar-refractivity contribution is 9.10. The lowest BCUT2D eigenvalue weighted by Gasteiger charge is -2.05. The maximum atomic E-state index is 9.78. The van der Waals surface area contributed by atoms with Crippen molar-refractivity contribution >= 4 is 26.8 Å². The van der Waals surface area contributed by atoms with E-state index in [-0.39, 0.29) is 6.54 Å². The Hall–Kier alpha value is -0.840. The predicted molar refractivity (Wildman–Crippen MR) is 64.6 cm³/mol. The Morgan fingerprint density at radius 1 is 1.53 bits per heavy atom. The molecule has 0 bridgehead atoms. The lowest BCUT2D eigenvalue weighted by Crippen LogP contribution is -2.10. The fourth-order valence-electron chi connectivity index (χ4n) is 1.84. The van der Waals surface area contributed by atoms with Crippen molar-refractivity contribution in [3.05, 3.63) is 34.4 Å². The van der Waals surface area contributed by atoms with Crippen LogP contribution in [-0.4, -0.2) is 16.2 Å². The summed E-state index contributed by atoms with van der Waals surface area (Å²) in [7, 11) is 1.96. The molecule has 3 nitrogen and oxygen atoms in total. The minimum atomic E-state index is -0.594. The van der Waals surface area contributed by atoms with Crippen LogP contribution < -0.4 is 5.73 Å². The standard InChI is InChI=1S/C11H13BrN2O/c1-14-6-8(10(15)5-13)7-3-2-4-9(12)11(7)14/h2-4,6,10,15H,5,13H2,1H3. The molecule has 0 aliphatic carbocycles. The molecule has 1 heterocycles. The zero-order valence-corrected chi connectivity index (χ0v) is 10.0. The Morgan fingerprint density at radius 3 is 2.93 bits per heavy atom. The van der Waals surface area contributed by atoms with E-state index in [2.05, 4.69) is 15.9 Å². The van der Waals surface area contributed by atoms with Crippen molar-refractivity contribution in [1.82, 2.24) is 4.57 Å². The summed E-state index contributed by atoms with van der Waals surface area (Å²) in [6, 6.07) is 5.94. The second-order valence-electron chi connectivity index (χ2n) is 3.58. The van der Waals surface area contributed by atoms with Gasteiger partial charge < -0.3 is 15.4 Å². The number of hydrogen-bond donors (Lipinski definition) is 2. The first-order valence-electron chi connectivity index (χ1n) is 4.76. The van der Waals surface area contributed by atoms with E-state index in [0.29, 0.717) is 0 Å². The number of fused-ring (bicyclic) bond motifs is 1. The fraction of sp³-hybridized carbons (Fsp3) is 0.273. The molecule has 0 saturated heterocycles. The van der Waals surface area contributed by atoms with Crippen LogP contribution >= 0.6 is 15.9 Å². The van der Waals surface area contributed by atoms with Gasteiger partial charge in [0.15, 0.2) is 0 Å². The van der Waals surface area contributed by atoms with E-state index in [1.165, 1.54) is 0 Å². The van der Waals surface area contributed by atoms with E-state index in [4.69, 9.17) is 5.73 Å². The van der Waals surface area contributed by atoms with Gasteiger partial charge in [-0.25, -0.2) is 0 Å². The number of rotatable bonds is 2. The average Bonchev–Trinajstić information content (AvgIpc) is 2.56. The molecule has 2 rings (SSSR count). The third-order valence-corrected chi connectivity index (χ3v) is 3.21. The second-order valence-corrected chi connectivity index (χ2v) is 4.44. The molecule has 0 aliphatic heterocycles. The quantitative estimate of drug-likeness (QED) is 0.875. The molecule has 15 heavy (non-hydrogen) atoms. The molecule has 0 fully saturated rings. The molecule has 0 spiro atoms. The number of para-hydroxylation sites is 1. The van der Waals surface area contributed by atoms with Gasteiger partial charge >= 0.3 is 0 Å². The number of hydrogen-bond acceptors (Lipinski definition) is 2. The number of aryl methyl sites for hydroxylation is 1. The van der Waals surface area contributed by atoms with Gasteiger partial charge in [-0.05, 0) is 22.0 Å². The predicted octanol–water partition coefficient (Wildman–Crippen LogP) is 1.93. The summed E-state index contributed by atoms with van der Waals surface area (Å²) in [4.78, 5) is 0. The third kappa shape index (κ3) is 1.69. The van der Waals surface area contributed by atoms with Crippen molar-refractivity contribution in [3.63, 3.8) is 0 Å². The fourth-order valence-corrected chi connectivity index (χ4v) is 2.49. The highest BCUT2D eigenvalue weighted by Crippen LogP contribution is 2.30. The van der Waals surface area contributed by atoms with Crippen LogP contribution in [0.1, 0.15) is 11.7 Å². The smallest absolute Gasteiger partial charge is 0.0932 e. The Bertz CT molecular complexity index is 493. The van der Waals surface area contributed by atoms with Gasteiger partial charge in [0, 0.05) is 35.2 Å². The van der Waals surface area contributed by atoms with E-state index in [1.807, 2.05) is 36.0 Å². The molecule has 0 amide bonds. The van der Waals surface area contributed by atoms with Gasteiger partial charge in [0.25, 0.3) is 0 Å². The van der Waals surface area contributed by atoms with Crippen LogP contribution in [0.3, 0.4) is 0 Å². The number of halogens is 1. The SMILES string of the molecule is Cn1cc(C(O)CN)c2cccc(Br)c21. The van der Waals surface area contributed by atoms with Gasteiger partial charge in [-0.2, -0.15) is 0 Å². The Labute approximate surface area is 96.6 Å². The van der Waals surface area contributed by atoms with Gasteiger partial charge in [0.2, 0.25) is 0 Å². The van der Waals surface area contributed by atoms with Crippen LogP contribution in [0, 0.1) is 0 Å². The molecule has 1 aromatic heterocycles. The van der Waals surface area contributed by atoms with Crippen molar-refractivity contribution in [2.24, 2.45) is 12.8 Å². The molecule has 4 heteroatoms. The highest BCUT2D eigenvalue weighted by atomic mass is 79.9. The van der Waals surface area contributed by atoms with Crippen LogP contribution in [0.2, 0.25) is 0 Å². The number of aliphatic hydroxyl groups is 1. The molecule has 0 radical (unpaired) electrons. The zero-order valence-electron chi connectivity index (χ0n) is 8.44. The van der Waals surface area contributed by atoms with Gasteiger partial charge in [0.05, 0.1) is 11.6 Å². The Morgan fingerprint density at radius 2 is 2.27 bits per heavy atom. The van der Waals surface area contributed by atoms with Crippen molar-refractivity contribution in [3.8, 4) is 0 Å². The first kappa shape index (κ1) is 10.7. The van der Waals surface area contributed by atoms with Gasteiger partial charge in [-0.3, -0.25) is 0 Å². The van der Waals surface area contributed by atoms with Gasteiger partial charge in [-0.1, -0.05) is 12.1 Å². The molecule has 1 atom stereocenters. The second kappa shape index (κ2) is 3.96.